The zero-order chi connectivity index (χ0) is 18.5. The van der Waals surface area contributed by atoms with Crippen molar-refractivity contribution in [1.82, 2.24) is 20.3 Å². The Balaban J connectivity index is 1.61. The van der Waals surface area contributed by atoms with E-state index in [2.05, 4.69) is 32.5 Å². The lowest BCUT2D eigenvalue weighted by atomic mass is 10.1. The fourth-order valence-corrected chi connectivity index (χ4v) is 3.48. The lowest BCUT2D eigenvalue weighted by Crippen LogP contribution is -2.25. The average Bonchev–Trinajstić information content (AvgIpc) is 2.99. The van der Waals surface area contributed by atoms with Gasteiger partial charge in [-0.05, 0) is 26.0 Å². The van der Waals surface area contributed by atoms with Gasteiger partial charge in [-0.15, -0.1) is 11.3 Å². The normalized spacial score (nSPS) is 10.6. The summed E-state index contributed by atoms with van der Waals surface area (Å²) in [6.07, 6.45) is 4.04. The molecule has 0 atom stereocenters. The quantitative estimate of drug-likeness (QED) is 0.699. The zero-order valence-electron chi connectivity index (χ0n) is 15.0. The molecule has 0 saturated heterocycles. The van der Waals surface area contributed by atoms with Crippen LogP contribution in [0.3, 0.4) is 0 Å². The summed E-state index contributed by atoms with van der Waals surface area (Å²) in [5.41, 5.74) is 3.36. The number of anilines is 1. The van der Waals surface area contributed by atoms with Gasteiger partial charge in [-0.1, -0.05) is 12.1 Å². The minimum atomic E-state index is -0.0884. The van der Waals surface area contributed by atoms with Crippen LogP contribution in [-0.2, 0) is 6.42 Å². The van der Waals surface area contributed by atoms with E-state index in [1.54, 1.807) is 42.9 Å². The first kappa shape index (κ1) is 18.0. The monoisotopic (exact) mass is 367 g/mol. The van der Waals surface area contributed by atoms with Crippen LogP contribution in [0.5, 0.6) is 0 Å². The van der Waals surface area contributed by atoms with E-state index >= 15 is 0 Å². The molecule has 2 heterocycles. The van der Waals surface area contributed by atoms with E-state index in [0.717, 1.165) is 28.4 Å². The third kappa shape index (κ3) is 4.05. The third-order valence-electron chi connectivity index (χ3n) is 4.05. The van der Waals surface area contributed by atoms with Crippen molar-refractivity contribution >= 4 is 23.1 Å². The first-order valence-corrected chi connectivity index (χ1v) is 9.20. The van der Waals surface area contributed by atoms with Crippen molar-refractivity contribution in [3.63, 3.8) is 0 Å². The van der Waals surface area contributed by atoms with Crippen molar-refractivity contribution in [1.29, 1.82) is 0 Å². The Morgan fingerprint density at radius 2 is 1.85 bits per heavy atom. The number of carbonyl (C=O) groups is 1. The maximum absolute atomic E-state index is 12.3. The molecule has 0 saturated carbocycles. The van der Waals surface area contributed by atoms with Crippen molar-refractivity contribution in [2.24, 2.45) is 0 Å². The average molecular weight is 367 g/mol. The van der Waals surface area contributed by atoms with E-state index in [-0.39, 0.29) is 5.91 Å². The Bertz CT molecular complexity index is 885. The number of aryl methyl sites for hydroxylation is 2. The molecule has 134 valence electrons. The molecule has 1 aromatic carbocycles. The van der Waals surface area contributed by atoms with Gasteiger partial charge in [0.05, 0.1) is 10.7 Å². The summed E-state index contributed by atoms with van der Waals surface area (Å²) in [5.74, 6) is 0.619. The molecule has 0 aliphatic carbocycles. The predicted octanol–water partition coefficient (Wildman–Crippen LogP) is 3.23. The van der Waals surface area contributed by atoms with E-state index in [0.29, 0.717) is 17.9 Å². The molecule has 0 spiro atoms. The van der Waals surface area contributed by atoms with Crippen LogP contribution in [0.1, 0.15) is 25.9 Å². The molecule has 0 radical (unpaired) electrons. The highest BCUT2D eigenvalue weighted by molar-refractivity contribution is 7.11. The largest absolute Gasteiger partial charge is 0.371 e. The van der Waals surface area contributed by atoms with Gasteiger partial charge in [-0.2, -0.15) is 0 Å². The maximum atomic E-state index is 12.3. The maximum Gasteiger partial charge on any atom is 0.251 e. The molecule has 1 amide bonds. The number of thiazole rings is 1. The SMILES string of the molecule is CNc1nccnc1-c1ccc(C(=O)NCCc2nc(C)c(C)s2)cc1. The summed E-state index contributed by atoms with van der Waals surface area (Å²) in [5, 5.41) is 7.02. The molecule has 7 heteroatoms. The molecule has 3 rings (SSSR count). The highest BCUT2D eigenvalue weighted by Crippen LogP contribution is 2.23. The second-order valence-electron chi connectivity index (χ2n) is 5.84. The highest BCUT2D eigenvalue weighted by atomic mass is 32.1. The molecule has 0 aliphatic heterocycles. The molecule has 6 nitrogen and oxygen atoms in total. The van der Waals surface area contributed by atoms with Gasteiger partial charge < -0.3 is 10.6 Å². The van der Waals surface area contributed by atoms with Gasteiger partial charge in [0.25, 0.3) is 5.91 Å². The van der Waals surface area contributed by atoms with Crippen LogP contribution in [0.4, 0.5) is 5.82 Å². The number of carbonyl (C=O) groups excluding carboxylic acids is 1. The molecule has 2 aromatic heterocycles. The molecule has 0 unspecified atom stereocenters. The van der Waals surface area contributed by atoms with Gasteiger partial charge in [0.1, 0.15) is 5.69 Å². The number of amides is 1. The van der Waals surface area contributed by atoms with Gasteiger partial charge in [-0.25, -0.2) is 9.97 Å². The molecule has 0 bridgehead atoms. The second kappa shape index (κ2) is 8.05. The van der Waals surface area contributed by atoms with E-state index < -0.39 is 0 Å². The number of rotatable bonds is 6. The van der Waals surface area contributed by atoms with Gasteiger partial charge in [-0.3, -0.25) is 9.78 Å². The number of hydrogen-bond donors (Lipinski definition) is 2. The topological polar surface area (TPSA) is 79.8 Å². The fraction of sp³-hybridized carbons (Fsp3) is 0.263. The molecule has 0 fully saturated rings. The van der Waals surface area contributed by atoms with Gasteiger partial charge in [0.2, 0.25) is 0 Å². The summed E-state index contributed by atoms with van der Waals surface area (Å²) in [7, 11) is 1.81. The zero-order valence-corrected chi connectivity index (χ0v) is 15.9. The van der Waals surface area contributed by atoms with Crippen molar-refractivity contribution in [2.75, 3.05) is 18.9 Å². The Hall–Kier alpha value is -2.80. The number of benzene rings is 1. The number of hydrogen-bond acceptors (Lipinski definition) is 6. The molecular formula is C19H21N5OS. The minimum Gasteiger partial charge on any atom is -0.371 e. The van der Waals surface area contributed by atoms with Crippen molar-refractivity contribution in [3.8, 4) is 11.3 Å². The third-order valence-corrected chi connectivity index (χ3v) is 5.19. The Kier molecular flexibility index (Phi) is 5.58. The van der Waals surface area contributed by atoms with Crippen molar-refractivity contribution in [2.45, 2.75) is 20.3 Å². The van der Waals surface area contributed by atoms with Crippen LogP contribution in [0.25, 0.3) is 11.3 Å². The summed E-state index contributed by atoms with van der Waals surface area (Å²) >= 11 is 1.68. The molecule has 26 heavy (non-hydrogen) atoms. The smallest absolute Gasteiger partial charge is 0.251 e. The van der Waals surface area contributed by atoms with Crippen LogP contribution in [-0.4, -0.2) is 34.5 Å². The summed E-state index contributed by atoms with van der Waals surface area (Å²) < 4.78 is 0. The minimum absolute atomic E-state index is 0.0884. The van der Waals surface area contributed by atoms with Crippen molar-refractivity contribution < 1.29 is 4.79 Å². The summed E-state index contributed by atoms with van der Waals surface area (Å²) in [6, 6.07) is 7.37. The van der Waals surface area contributed by atoms with E-state index in [1.807, 2.05) is 19.1 Å². The summed E-state index contributed by atoms with van der Waals surface area (Å²) in [6.45, 7) is 4.64. The fourth-order valence-electron chi connectivity index (χ4n) is 2.54. The van der Waals surface area contributed by atoms with E-state index in [1.165, 1.54) is 4.88 Å². The Labute approximate surface area is 156 Å². The lowest BCUT2D eigenvalue weighted by Gasteiger charge is -2.08. The van der Waals surface area contributed by atoms with Crippen LogP contribution < -0.4 is 10.6 Å². The predicted molar refractivity (Wildman–Crippen MR) is 105 cm³/mol. The first-order chi connectivity index (χ1) is 12.6. The number of nitrogens with zero attached hydrogens (tertiary/aromatic N) is 3. The van der Waals surface area contributed by atoms with Gasteiger partial charge >= 0.3 is 0 Å². The Morgan fingerprint density at radius 1 is 1.12 bits per heavy atom. The van der Waals surface area contributed by atoms with Gasteiger partial charge in [0, 0.05) is 48.4 Å². The number of nitrogens with one attached hydrogen (secondary N) is 2. The van der Waals surface area contributed by atoms with Crippen molar-refractivity contribution in [3.05, 3.63) is 57.8 Å². The van der Waals surface area contributed by atoms with Crippen LogP contribution in [0.15, 0.2) is 36.7 Å². The van der Waals surface area contributed by atoms with Gasteiger partial charge in [0.15, 0.2) is 5.82 Å². The van der Waals surface area contributed by atoms with Crippen LogP contribution in [0.2, 0.25) is 0 Å². The highest BCUT2D eigenvalue weighted by Gasteiger charge is 2.10. The molecular weight excluding hydrogens is 346 g/mol. The molecule has 3 aromatic rings. The van der Waals surface area contributed by atoms with Crippen LogP contribution >= 0.6 is 11.3 Å². The molecule has 2 N–H and O–H groups in total. The molecule has 0 aliphatic rings. The van der Waals surface area contributed by atoms with Crippen LogP contribution in [0, 0.1) is 13.8 Å². The lowest BCUT2D eigenvalue weighted by molar-refractivity contribution is 0.0954. The first-order valence-electron chi connectivity index (χ1n) is 8.39. The second-order valence-corrected chi connectivity index (χ2v) is 7.12. The van der Waals surface area contributed by atoms with E-state index in [4.69, 9.17) is 0 Å². The summed E-state index contributed by atoms with van der Waals surface area (Å²) in [4.78, 5) is 26.6. The standard InChI is InChI=1S/C19H21N5OS/c1-12-13(2)26-16(24-12)8-9-23-19(25)15-6-4-14(5-7-15)17-18(20-3)22-11-10-21-17/h4-7,10-11H,8-9H2,1-3H3,(H,20,22)(H,23,25). The Morgan fingerprint density at radius 3 is 2.50 bits per heavy atom. The number of aromatic nitrogens is 3. The van der Waals surface area contributed by atoms with E-state index in [9.17, 15) is 4.79 Å².